The fourth-order valence-corrected chi connectivity index (χ4v) is 5.34. The van der Waals surface area contributed by atoms with Crippen molar-refractivity contribution in [1.29, 1.82) is 0 Å². The predicted octanol–water partition coefficient (Wildman–Crippen LogP) is 2.01. The average Bonchev–Trinajstić information content (AvgIpc) is 3.25. The van der Waals surface area contributed by atoms with Gasteiger partial charge < -0.3 is 9.64 Å². The van der Waals surface area contributed by atoms with Gasteiger partial charge in [0.2, 0.25) is 0 Å². The van der Waals surface area contributed by atoms with Gasteiger partial charge in [0.05, 0.1) is 24.9 Å². The number of benzene rings is 1. The summed E-state index contributed by atoms with van der Waals surface area (Å²) in [5, 5.41) is 3.07. The number of alkyl halides is 3. The molecule has 0 bridgehead atoms. The van der Waals surface area contributed by atoms with E-state index in [1.54, 1.807) is 0 Å². The van der Waals surface area contributed by atoms with Crippen LogP contribution in [0.3, 0.4) is 0 Å². The second kappa shape index (κ2) is 8.00. The van der Waals surface area contributed by atoms with E-state index in [1.165, 1.54) is 30.1 Å². The molecule has 1 saturated carbocycles. The highest BCUT2D eigenvalue weighted by Gasteiger charge is 2.61. The molecular formula is C23H25F3N5O3+. The fourth-order valence-electron chi connectivity index (χ4n) is 5.34. The summed E-state index contributed by atoms with van der Waals surface area (Å²) in [4.78, 5) is 35.4. The lowest BCUT2D eigenvalue weighted by atomic mass is 9.91. The Hall–Kier alpha value is -3.08. The van der Waals surface area contributed by atoms with E-state index >= 15 is 0 Å². The van der Waals surface area contributed by atoms with Gasteiger partial charge in [0.25, 0.3) is 0 Å². The van der Waals surface area contributed by atoms with E-state index < -0.39 is 17.8 Å². The van der Waals surface area contributed by atoms with Crippen molar-refractivity contribution in [2.75, 3.05) is 31.6 Å². The van der Waals surface area contributed by atoms with Crippen molar-refractivity contribution in [3.8, 4) is 0 Å². The number of carbonyl (C=O) groups excluding carboxylic acids is 2. The molecule has 2 aliphatic heterocycles. The summed E-state index contributed by atoms with van der Waals surface area (Å²) in [6.07, 6.45) is 0.236. The van der Waals surface area contributed by atoms with Crippen molar-refractivity contribution >= 4 is 35.3 Å². The quantitative estimate of drug-likeness (QED) is 0.410. The molecule has 1 aliphatic carbocycles. The van der Waals surface area contributed by atoms with Gasteiger partial charge in [0.1, 0.15) is 29.7 Å². The van der Waals surface area contributed by atoms with Gasteiger partial charge in [-0.05, 0) is 25.0 Å². The summed E-state index contributed by atoms with van der Waals surface area (Å²) >= 11 is 0. The van der Waals surface area contributed by atoms with Gasteiger partial charge in [-0.25, -0.2) is 4.79 Å². The van der Waals surface area contributed by atoms with E-state index in [1.807, 2.05) is 4.90 Å². The zero-order valence-corrected chi connectivity index (χ0v) is 18.6. The highest BCUT2D eigenvalue weighted by Crippen LogP contribution is 2.57. The number of ether oxygens (including phenoxy) is 1. The largest absolute Gasteiger partial charge is 0.468 e. The lowest BCUT2D eigenvalue weighted by Crippen LogP contribution is -2.39. The predicted molar refractivity (Wildman–Crippen MR) is 117 cm³/mol. The van der Waals surface area contributed by atoms with Crippen LogP contribution in [0.15, 0.2) is 24.5 Å². The average molecular weight is 476 g/mol. The van der Waals surface area contributed by atoms with E-state index in [4.69, 9.17) is 4.74 Å². The number of anilines is 1. The molecule has 2 aromatic rings. The molecule has 3 aliphatic rings. The minimum atomic E-state index is -4.54. The first-order chi connectivity index (χ1) is 16.1. The third kappa shape index (κ3) is 3.71. The van der Waals surface area contributed by atoms with Crippen molar-refractivity contribution < 1.29 is 32.1 Å². The molecule has 3 heterocycles. The maximum Gasteiger partial charge on any atom is 0.418 e. The SMILES string of the molecule is C=[N+](C(=O)C1CN(c2ccc(C(F)(F)F)c3nccnc23)CC12CC2)C1CN[C@@H](C(=O)OC)C1. The fraction of sp³-hybridized carbons (Fsp3) is 0.522. The number of fused-ring (bicyclic) bond motifs is 1. The van der Waals surface area contributed by atoms with E-state index in [0.717, 1.165) is 18.9 Å². The topological polar surface area (TPSA) is 87.4 Å². The van der Waals surface area contributed by atoms with Gasteiger partial charge in [-0.3, -0.25) is 20.1 Å². The van der Waals surface area contributed by atoms with Crippen LogP contribution in [0.4, 0.5) is 18.9 Å². The monoisotopic (exact) mass is 476 g/mol. The first-order valence-electron chi connectivity index (χ1n) is 11.2. The minimum Gasteiger partial charge on any atom is -0.468 e. The Morgan fingerprint density at radius 1 is 1.24 bits per heavy atom. The number of esters is 1. The molecule has 5 rings (SSSR count). The first kappa shape index (κ1) is 22.7. The standard InChI is InChI=1S/C23H25F3N5O3/c1-30(13-9-16(29-10-13)21(33)34-2)20(32)15-11-31(12-22(15)5-6-22)17-4-3-14(23(24,25)26)18-19(17)28-8-7-27-18/h3-4,7-8,13,15-16,29H,1,5-6,9-12H2,2H3/q+1/t13?,15?,16-/m1/s1. The number of aromatic nitrogens is 2. The number of rotatable bonds is 4. The molecule has 2 saturated heterocycles. The van der Waals surface area contributed by atoms with Crippen molar-refractivity contribution in [2.45, 2.75) is 37.5 Å². The molecule has 3 atom stereocenters. The van der Waals surface area contributed by atoms with Crippen LogP contribution in [-0.4, -0.2) is 72.0 Å². The normalized spacial score (nSPS) is 25.6. The molecule has 11 heteroatoms. The summed E-state index contributed by atoms with van der Waals surface area (Å²) in [5.74, 6) is -0.819. The van der Waals surface area contributed by atoms with E-state index in [0.29, 0.717) is 31.7 Å². The molecule has 1 spiro atoms. The van der Waals surface area contributed by atoms with Crippen molar-refractivity contribution in [3.63, 3.8) is 0 Å². The number of amides is 1. The molecule has 3 fully saturated rings. The highest BCUT2D eigenvalue weighted by atomic mass is 19.4. The summed E-state index contributed by atoms with van der Waals surface area (Å²) < 4.78 is 46.7. The van der Waals surface area contributed by atoms with E-state index in [2.05, 4.69) is 22.0 Å². The Balaban J connectivity index is 1.39. The smallest absolute Gasteiger partial charge is 0.418 e. The Kier molecular flexibility index (Phi) is 5.34. The molecule has 34 heavy (non-hydrogen) atoms. The van der Waals surface area contributed by atoms with Crippen molar-refractivity contribution in [3.05, 3.63) is 30.1 Å². The molecule has 180 valence electrons. The van der Waals surface area contributed by atoms with Crippen LogP contribution in [0.5, 0.6) is 0 Å². The number of nitrogens with zero attached hydrogens (tertiary/aromatic N) is 4. The molecule has 1 aromatic carbocycles. The third-order valence-electron chi connectivity index (χ3n) is 7.41. The highest BCUT2D eigenvalue weighted by molar-refractivity contribution is 5.91. The van der Waals surface area contributed by atoms with Gasteiger partial charge in [-0.15, -0.1) is 0 Å². The third-order valence-corrected chi connectivity index (χ3v) is 7.41. The Labute approximate surface area is 193 Å². The molecule has 1 N–H and O–H groups in total. The lowest BCUT2D eigenvalue weighted by molar-refractivity contribution is -0.480. The lowest BCUT2D eigenvalue weighted by Gasteiger charge is -2.21. The number of nitrogens with one attached hydrogen (secondary N) is 1. The molecular weight excluding hydrogens is 451 g/mol. The van der Waals surface area contributed by atoms with Crippen molar-refractivity contribution in [2.24, 2.45) is 11.3 Å². The number of halogens is 3. The number of hydrogen-bond acceptors (Lipinski definition) is 7. The molecule has 2 unspecified atom stereocenters. The zero-order valence-electron chi connectivity index (χ0n) is 18.6. The van der Waals surface area contributed by atoms with Crippen LogP contribution in [0.1, 0.15) is 24.8 Å². The van der Waals surface area contributed by atoms with Gasteiger partial charge in [0, 0.05) is 37.3 Å². The molecule has 1 aromatic heterocycles. The second-order valence-corrected chi connectivity index (χ2v) is 9.36. The van der Waals surface area contributed by atoms with Crippen LogP contribution >= 0.6 is 0 Å². The first-order valence-corrected chi connectivity index (χ1v) is 11.2. The van der Waals surface area contributed by atoms with Crippen LogP contribution in [0.2, 0.25) is 0 Å². The molecule has 8 nitrogen and oxygen atoms in total. The second-order valence-electron chi connectivity index (χ2n) is 9.36. The van der Waals surface area contributed by atoms with Crippen LogP contribution in [0.25, 0.3) is 11.0 Å². The summed E-state index contributed by atoms with van der Waals surface area (Å²) in [7, 11) is 1.32. The van der Waals surface area contributed by atoms with Gasteiger partial charge >= 0.3 is 18.1 Å². The number of hydrogen-bond donors (Lipinski definition) is 1. The molecule has 0 radical (unpaired) electrons. The molecule has 1 amide bonds. The van der Waals surface area contributed by atoms with Gasteiger partial charge in [-0.2, -0.15) is 17.7 Å². The number of methoxy groups -OCH3 is 1. The summed E-state index contributed by atoms with van der Waals surface area (Å²) in [5.41, 5.74) is -0.532. The van der Waals surface area contributed by atoms with Crippen molar-refractivity contribution in [1.82, 2.24) is 15.3 Å². The Morgan fingerprint density at radius 2 is 1.94 bits per heavy atom. The van der Waals surface area contributed by atoms with E-state index in [9.17, 15) is 22.8 Å². The Morgan fingerprint density at radius 3 is 2.59 bits per heavy atom. The van der Waals surface area contributed by atoms with E-state index in [-0.39, 0.29) is 40.3 Å². The zero-order chi connectivity index (χ0) is 24.3. The van der Waals surface area contributed by atoms with Gasteiger partial charge in [0.15, 0.2) is 6.04 Å². The van der Waals surface area contributed by atoms with Crippen LogP contribution in [-0.2, 0) is 20.5 Å². The summed E-state index contributed by atoms with van der Waals surface area (Å²) in [6, 6.07) is 1.75. The minimum absolute atomic E-state index is 0.111. The maximum absolute atomic E-state index is 13.5. The van der Waals surface area contributed by atoms with Crippen LogP contribution < -0.4 is 10.2 Å². The summed E-state index contributed by atoms with van der Waals surface area (Å²) in [6.45, 7) is 5.35. The Bertz CT molecular complexity index is 1180. The van der Waals surface area contributed by atoms with Crippen LogP contribution in [0, 0.1) is 11.3 Å². The number of carbonyl (C=O) groups is 2. The van der Waals surface area contributed by atoms with Gasteiger partial charge in [-0.1, -0.05) is 0 Å². The maximum atomic E-state index is 13.5.